The average molecular weight is 339 g/mol. The van der Waals surface area contributed by atoms with Crippen molar-refractivity contribution < 1.29 is 17.6 Å². The zero-order chi connectivity index (χ0) is 16.9. The monoisotopic (exact) mass is 339 g/mol. The third-order valence-electron chi connectivity index (χ3n) is 3.26. The first-order chi connectivity index (χ1) is 10.9. The second kappa shape index (κ2) is 7.36. The summed E-state index contributed by atoms with van der Waals surface area (Å²) in [6, 6.07) is 7.28. The topological polar surface area (TPSA) is 81.1 Å². The Hall–Kier alpha value is -2.22. The lowest BCUT2D eigenvalue weighted by molar-refractivity contribution is -0.115. The smallest absolute Gasteiger partial charge is 0.229 e. The summed E-state index contributed by atoms with van der Waals surface area (Å²) in [6.45, 7) is 1.84. The quantitative estimate of drug-likeness (QED) is 0.831. The summed E-state index contributed by atoms with van der Waals surface area (Å²) >= 11 is 0. The number of anilines is 1. The number of amides is 1. The predicted molar refractivity (Wildman–Crippen MR) is 85.3 cm³/mol. The van der Waals surface area contributed by atoms with Crippen LogP contribution in [0.3, 0.4) is 0 Å². The summed E-state index contributed by atoms with van der Waals surface area (Å²) in [4.78, 5) is 11.9. The van der Waals surface area contributed by atoms with Crippen molar-refractivity contribution in [2.45, 2.75) is 19.9 Å². The number of rotatable bonds is 7. The molecule has 0 bridgehead atoms. The van der Waals surface area contributed by atoms with Crippen molar-refractivity contribution in [1.82, 2.24) is 9.78 Å². The first kappa shape index (κ1) is 17.1. The van der Waals surface area contributed by atoms with Crippen LogP contribution in [0.5, 0.6) is 0 Å². The van der Waals surface area contributed by atoms with E-state index in [0.29, 0.717) is 11.4 Å². The summed E-state index contributed by atoms with van der Waals surface area (Å²) in [7, 11) is -3.05. The van der Waals surface area contributed by atoms with Crippen LogP contribution in [0.1, 0.15) is 12.5 Å². The average Bonchev–Trinajstić information content (AvgIpc) is 2.95. The highest BCUT2D eigenvalue weighted by molar-refractivity contribution is 7.91. The molecule has 0 fully saturated rings. The van der Waals surface area contributed by atoms with Gasteiger partial charge in [-0.1, -0.05) is 19.1 Å². The lowest BCUT2D eigenvalue weighted by Crippen LogP contribution is -2.17. The van der Waals surface area contributed by atoms with Gasteiger partial charge in [0.05, 0.1) is 18.7 Å². The molecule has 0 unspecified atom stereocenters. The molecule has 1 heterocycles. The van der Waals surface area contributed by atoms with E-state index in [1.807, 2.05) is 0 Å². The highest BCUT2D eigenvalue weighted by atomic mass is 32.2. The highest BCUT2D eigenvalue weighted by Crippen LogP contribution is 2.07. The molecule has 0 aliphatic carbocycles. The first-order valence-electron chi connectivity index (χ1n) is 7.16. The molecule has 0 spiro atoms. The normalized spacial score (nSPS) is 11.4. The largest absolute Gasteiger partial charge is 0.309 e. The lowest BCUT2D eigenvalue weighted by Gasteiger charge is -2.03. The zero-order valence-electron chi connectivity index (χ0n) is 12.7. The molecule has 0 saturated heterocycles. The maximum Gasteiger partial charge on any atom is 0.229 e. The van der Waals surface area contributed by atoms with Crippen LogP contribution >= 0.6 is 0 Å². The summed E-state index contributed by atoms with van der Waals surface area (Å²) in [5, 5.41) is 6.73. The van der Waals surface area contributed by atoms with Gasteiger partial charge in [0, 0.05) is 18.0 Å². The Labute approximate surface area is 134 Å². The van der Waals surface area contributed by atoms with Gasteiger partial charge in [0.1, 0.15) is 5.82 Å². The van der Waals surface area contributed by atoms with E-state index >= 15 is 0 Å². The van der Waals surface area contributed by atoms with E-state index in [4.69, 9.17) is 0 Å². The molecular weight excluding hydrogens is 321 g/mol. The number of benzene rings is 1. The molecule has 2 rings (SSSR count). The van der Waals surface area contributed by atoms with Crippen molar-refractivity contribution in [3.8, 4) is 0 Å². The van der Waals surface area contributed by atoms with Gasteiger partial charge in [-0.05, 0) is 17.7 Å². The molecule has 0 aliphatic heterocycles. The van der Waals surface area contributed by atoms with Gasteiger partial charge in [-0.3, -0.25) is 9.48 Å². The molecule has 0 saturated carbocycles. The molecule has 1 amide bonds. The molecule has 6 nitrogen and oxygen atoms in total. The Balaban J connectivity index is 1.88. The predicted octanol–water partition coefficient (Wildman–Crippen LogP) is 1.64. The molecule has 124 valence electrons. The molecule has 23 heavy (non-hydrogen) atoms. The molecule has 0 aliphatic rings. The zero-order valence-corrected chi connectivity index (χ0v) is 13.5. The SMILES string of the molecule is CCS(=O)(=O)CCn1ccc(NC(=O)Cc2ccc(F)cc2)n1. The first-order valence-corrected chi connectivity index (χ1v) is 8.98. The van der Waals surface area contributed by atoms with E-state index in [9.17, 15) is 17.6 Å². The minimum Gasteiger partial charge on any atom is -0.309 e. The molecular formula is C15H18FN3O3S. The van der Waals surface area contributed by atoms with Gasteiger partial charge >= 0.3 is 0 Å². The third-order valence-corrected chi connectivity index (χ3v) is 4.94. The number of nitrogens with zero attached hydrogens (tertiary/aromatic N) is 2. The number of carbonyl (C=O) groups is 1. The van der Waals surface area contributed by atoms with Crippen molar-refractivity contribution >= 4 is 21.6 Å². The fourth-order valence-electron chi connectivity index (χ4n) is 1.90. The molecule has 8 heteroatoms. The maximum absolute atomic E-state index is 12.8. The summed E-state index contributed by atoms with van der Waals surface area (Å²) in [5.41, 5.74) is 0.692. The molecule has 2 aromatic rings. The van der Waals surface area contributed by atoms with Crippen LogP contribution in [0.15, 0.2) is 36.5 Å². The van der Waals surface area contributed by atoms with Gasteiger partial charge in [-0.2, -0.15) is 5.10 Å². The van der Waals surface area contributed by atoms with Crippen LogP contribution in [0.2, 0.25) is 0 Å². The Morgan fingerprint density at radius 1 is 1.26 bits per heavy atom. The minimum atomic E-state index is -3.05. The van der Waals surface area contributed by atoms with Crippen molar-refractivity contribution in [3.05, 3.63) is 47.9 Å². The van der Waals surface area contributed by atoms with Crippen molar-refractivity contribution in [2.24, 2.45) is 0 Å². The number of nitrogens with one attached hydrogen (secondary N) is 1. The van der Waals surface area contributed by atoms with Gasteiger partial charge in [0.25, 0.3) is 0 Å². The summed E-state index contributed by atoms with van der Waals surface area (Å²) < 4.78 is 37.2. The van der Waals surface area contributed by atoms with E-state index in [0.717, 1.165) is 0 Å². The molecule has 1 N–H and O–H groups in total. The standard InChI is InChI=1S/C15H18FN3O3S/c1-2-23(21,22)10-9-19-8-7-14(18-19)17-15(20)11-12-3-5-13(16)6-4-12/h3-8H,2,9-11H2,1H3,(H,17,18,20). The van der Waals surface area contributed by atoms with Crippen LogP contribution in [0.25, 0.3) is 0 Å². The van der Waals surface area contributed by atoms with E-state index in [-0.39, 0.29) is 36.2 Å². The van der Waals surface area contributed by atoms with Crippen LogP contribution in [0, 0.1) is 5.82 Å². The van der Waals surface area contributed by atoms with Gasteiger partial charge in [-0.15, -0.1) is 0 Å². The van der Waals surface area contributed by atoms with Crippen LogP contribution < -0.4 is 5.32 Å². The molecule has 0 atom stereocenters. The maximum atomic E-state index is 12.8. The number of sulfone groups is 1. The molecule has 0 radical (unpaired) electrons. The fourth-order valence-corrected chi connectivity index (χ4v) is 2.66. The summed E-state index contributed by atoms with van der Waals surface area (Å²) in [6.07, 6.45) is 1.72. The molecule has 1 aromatic carbocycles. The number of aromatic nitrogens is 2. The van der Waals surface area contributed by atoms with E-state index in [2.05, 4.69) is 10.4 Å². The van der Waals surface area contributed by atoms with Gasteiger partial charge in [0.15, 0.2) is 15.7 Å². The number of halogens is 1. The van der Waals surface area contributed by atoms with Gasteiger partial charge in [-0.25, -0.2) is 12.8 Å². The third kappa shape index (κ3) is 5.48. The number of hydrogen-bond acceptors (Lipinski definition) is 4. The van der Waals surface area contributed by atoms with Crippen molar-refractivity contribution in [2.75, 3.05) is 16.8 Å². The fraction of sp³-hybridized carbons (Fsp3) is 0.333. The van der Waals surface area contributed by atoms with Crippen molar-refractivity contribution in [1.29, 1.82) is 0 Å². The van der Waals surface area contributed by atoms with Gasteiger partial charge in [0.2, 0.25) is 5.91 Å². The minimum absolute atomic E-state index is 0.00808. The Kier molecular flexibility index (Phi) is 5.49. The second-order valence-corrected chi connectivity index (χ2v) is 7.52. The second-order valence-electron chi connectivity index (χ2n) is 5.05. The lowest BCUT2D eigenvalue weighted by atomic mass is 10.1. The van der Waals surface area contributed by atoms with E-state index < -0.39 is 9.84 Å². The van der Waals surface area contributed by atoms with E-state index in [1.165, 1.54) is 16.8 Å². The highest BCUT2D eigenvalue weighted by Gasteiger charge is 2.10. The van der Waals surface area contributed by atoms with Crippen LogP contribution in [-0.4, -0.2) is 35.6 Å². The van der Waals surface area contributed by atoms with Gasteiger partial charge < -0.3 is 5.32 Å². The van der Waals surface area contributed by atoms with Crippen LogP contribution in [-0.2, 0) is 27.6 Å². The van der Waals surface area contributed by atoms with Crippen molar-refractivity contribution in [3.63, 3.8) is 0 Å². The molecule has 1 aromatic heterocycles. The number of hydrogen-bond donors (Lipinski definition) is 1. The summed E-state index contributed by atoms with van der Waals surface area (Å²) in [5.74, 6) is -0.173. The number of carbonyl (C=O) groups excluding carboxylic acids is 1. The van der Waals surface area contributed by atoms with E-state index in [1.54, 1.807) is 31.3 Å². The Bertz CT molecular complexity index is 770. The van der Waals surface area contributed by atoms with Crippen LogP contribution in [0.4, 0.5) is 10.2 Å². The Morgan fingerprint density at radius 3 is 2.61 bits per heavy atom. The Morgan fingerprint density at radius 2 is 1.96 bits per heavy atom. The number of aryl methyl sites for hydroxylation is 1.